The van der Waals surface area contributed by atoms with Crippen molar-refractivity contribution in [1.82, 2.24) is 10.2 Å². The van der Waals surface area contributed by atoms with Crippen molar-refractivity contribution in [2.75, 3.05) is 12.8 Å². The number of aromatic nitrogens is 2. The number of halogens is 1. The Hall–Kier alpha value is -1.07. The van der Waals surface area contributed by atoms with Crippen molar-refractivity contribution in [3.05, 3.63) is 22.9 Å². The monoisotopic (exact) mass is 299 g/mol. The predicted molar refractivity (Wildman–Crippen MR) is 80.1 cm³/mol. The van der Waals surface area contributed by atoms with Crippen LogP contribution in [0, 0.1) is 0 Å². The molecule has 1 aromatic heterocycles. The number of rotatable bonds is 5. The molecule has 0 amide bonds. The van der Waals surface area contributed by atoms with Crippen LogP contribution in [0.25, 0.3) is 5.57 Å². The Labute approximate surface area is 122 Å². The first-order valence-corrected chi connectivity index (χ1v) is 7.52. The van der Waals surface area contributed by atoms with E-state index >= 15 is 0 Å². The zero-order valence-electron chi connectivity index (χ0n) is 11.1. The van der Waals surface area contributed by atoms with E-state index in [1.54, 1.807) is 7.11 Å². The van der Waals surface area contributed by atoms with Crippen LogP contribution in [0.1, 0.15) is 37.6 Å². The highest BCUT2D eigenvalue weighted by Gasteiger charge is 2.36. The highest BCUT2D eigenvalue weighted by atomic mass is 35.5. The Balaban J connectivity index is 2.25. The Morgan fingerprint density at radius 3 is 2.84 bits per heavy atom. The molecule has 104 valence electrons. The summed E-state index contributed by atoms with van der Waals surface area (Å²) in [4.78, 5) is -0.477. The van der Waals surface area contributed by atoms with E-state index in [9.17, 15) is 0 Å². The summed E-state index contributed by atoms with van der Waals surface area (Å²) in [5, 5.41) is 9.25. The number of anilines is 1. The van der Waals surface area contributed by atoms with E-state index < -0.39 is 4.87 Å². The summed E-state index contributed by atoms with van der Waals surface area (Å²) in [5.41, 5.74) is 6.70. The van der Waals surface area contributed by atoms with Gasteiger partial charge in [-0.2, -0.15) is 0 Å². The summed E-state index contributed by atoms with van der Waals surface area (Å²) >= 11 is 8.15. The van der Waals surface area contributed by atoms with E-state index in [2.05, 4.69) is 17.1 Å². The van der Waals surface area contributed by atoms with Crippen molar-refractivity contribution in [2.24, 2.45) is 0 Å². The van der Waals surface area contributed by atoms with Crippen molar-refractivity contribution < 1.29 is 4.74 Å². The third kappa shape index (κ3) is 3.09. The minimum Gasteiger partial charge on any atom is -0.499 e. The number of ether oxygens (including phenoxy) is 1. The number of allylic oxidation sites excluding steroid dienone is 4. The van der Waals surface area contributed by atoms with Gasteiger partial charge in [-0.05, 0) is 18.1 Å². The van der Waals surface area contributed by atoms with Gasteiger partial charge in [0.2, 0.25) is 5.13 Å². The Morgan fingerprint density at radius 1 is 1.47 bits per heavy atom. The second-order valence-corrected chi connectivity index (χ2v) is 6.35. The first-order valence-electron chi connectivity index (χ1n) is 6.32. The van der Waals surface area contributed by atoms with Crippen LogP contribution in [0.15, 0.2) is 17.9 Å². The standard InChI is InChI=1S/C13H18ClN3OS/c1-3-4-7-13(14)8-9(5-6-10(13)18-2)11-16-17-12(15)19-11/h5-6H,3-4,7-8H2,1-2H3,(H2,15,17). The Morgan fingerprint density at radius 2 is 2.26 bits per heavy atom. The molecule has 1 atom stereocenters. The third-order valence-corrected chi connectivity index (χ3v) is 4.55. The van der Waals surface area contributed by atoms with Gasteiger partial charge in [-0.15, -0.1) is 21.8 Å². The molecule has 1 aliphatic carbocycles. The highest BCUT2D eigenvalue weighted by molar-refractivity contribution is 7.16. The molecule has 0 saturated carbocycles. The molecule has 6 heteroatoms. The van der Waals surface area contributed by atoms with Gasteiger partial charge in [0.05, 0.1) is 7.11 Å². The molecule has 0 saturated heterocycles. The number of alkyl halides is 1. The summed E-state index contributed by atoms with van der Waals surface area (Å²) in [7, 11) is 1.66. The Bertz CT molecular complexity index is 512. The second kappa shape index (κ2) is 5.92. The quantitative estimate of drug-likeness (QED) is 0.844. The van der Waals surface area contributed by atoms with Crippen LogP contribution in [-0.2, 0) is 4.74 Å². The molecule has 1 unspecified atom stereocenters. The first-order chi connectivity index (χ1) is 9.09. The molecule has 0 aliphatic heterocycles. The van der Waals surface area contributed by atoms with Crippen molar-refractivity contribution in [3.63, 3.8) is 0 Å². The second-order valence-electron chi connectivity index (χ2n) is 4.62. The lowest BCUT2D eigenvalue weighted by atomic mass is 9.87. The molecule has 0 fully saturated rings. The van der Waals surface area contributed by atoms with Crippen LogP contribution in [-0.4, -0.2) is 22.2 Å². The summed E-state index contributed by atoms with van der Waals surface area (Å²) in [6.07, 6.45) is 7.68. The van der Waals surface area contributed by atoms with Gasteiger partial charge < -0.3 is 10.5 Å². The van der Waals surface area contributed by atoms with Crippen molar-refractivity contribution in [3.8, 4) is 0 Å². The number of nitrogen functional groups attached to an aromatic ring is 1. The maximum Gasteiger partial charge on any atom is 0.203 e. The summed E-state index contributed by atoms with van der Waals surface area (Å²) in [6.45, 7) is 2.15. The average molecular weight is 300 g/mol. The summed E-state index contributed by atoms with van der Waals surface area (Å²) in [6, 6.07) is 0. The van der Waals surface area contributed by atoms with Crippen LogP contribution in [0.2, 0.25) is 0 Å². The van der Waals surface area contributed by atoms with E-state index in [0.29, 0.717) is 11.6 Å². The number of hydrogen-bond acceptors (Lipinski definition) is 5. The molecule has 19 heavy (non-hydrogen) atoms. The molecular formula is C13H18ClN3OS. The van der Waals surface area contributed by atoms with Crippen molar-refractivity contribution >= 4 is 33.6 Å². The minimum atomic E-state index is -0.477. The maximum absolute atomic E-state index is 6.76. The zero-order chi connectivity index (χ0) is 13.9. The van der Waals surface area contributed by atoms with Crippen molar-refractivity contribution in [2.45, 2.75) is 37.5 Å². The minimum absolute atomic E-state index is 0.477. The lowest BCUT2D eigenvalue weighted by Gasteiger charge is -2.31. The number of unbranched alkanes of at least 4 members (excludes halogenated alkanes) is 1. The normalized spacial score (nSPS) is 22.9. The van der Waals surface area contributed by atoms with Gasteiger partial charge in [-0.25, -0.2) is 0 Å². The van der Waals surface area contributed by atoms with Crippen molar-refractivity contribution in [1.29, 1.82) is 0 Å². The molecule has 0 bridgehead atoms. The fraction of sp³-hybridized carbons (Fsp3) is 0.538. The van der Waals surface area contributed by atoms with Gasteiger partial charge in [0, 0.05) is 6.42 Å². The van der Waals surface area contributed by atoms with Gasteiger partial charge in [0.15, 0.2) is 0 Å². The van der Waals surface area contributed by atoms with Gasteiger partial charge in [-0.1, -0.05) is 37.2 Å². The largest absolute Gasteiger partial charge is 0.499 e. The average Bonchev–Trinajstić information content (AvgIpc) is 2.83. The van der Waals surface area contributed by atoms with Gasteiger partial charge in [0.25, 0.3) is 0 Å². The van der Waals surface area contributed by atoms with Crippen LogP contribution >= 0.6 is 22.9 Å². The summed E-state index contributed by atoms with van der Waals surface area (Å²) < 4.78 is 5.42. The summed E-state index contributed by atoms with van der Waals surface area (Å²) in [5.74, 6) is 0.823. The van der Waals surface area contributed by atoms with Crippen LogP contribution in [0.3, 0.4) is 0 Å². The molecule has 1 aromatic rings. The highest BCUT2D eigenvalue weighted by Crippen LogP contribution is 2.43. The van der Waals surface area contributed by atoms with E-state index in [4.69, 9.17) is 22.1 Å². The fourth-order valence-electron chi connectivity index (χ4n) is 2.20. The molecule has 4 nitrogen and oxygen atoms in total. The lowest BCUT2D eigenvalue weighted by Crippen LogP contribution is -2.28. The third-order valence-electron chi connectivity index (χ3n) is 3.21. The van der Waals surface area contributed by atoms with Crippen LogP contribution in [0.4, 0.5) is 5.13 Å². The van der Waals surface area contributed by atoms with Crippen LogP contribution < -0.4 is 5.73 Å². The molecule has 2 rings (SSSR count). The van der Waals surface area contributed by atoms with Gasteiger partial charge in [-0.3, -0.25) is 0 Å². The predicted octanol–water partition coefficient (Wildman–Crippen LogP) is 3.61. The first kappa shape index (κ1) is 14.3. The van der Waals surface area contributed by atoms with Crippen LogP contribution in [0.5, 0.6) is 0 Å². The number of methoxy groups -OCH3 is 1. The lowest BCUT2D eigenvalue weighted by molar-refractivity contribution is 0.244. The Kier molecular flexibility index (Phi) is 4.47. The van der Waals surface area contributed by atoms with E-state index in [0.717, 1.165) is 35.6 Å². The topological polar surface area (TPSA) is 61.0 Å². The van der Waals surface area contributed by atoms with Gasteiger partial charge in [0.1, 0.15) is 15.6 Å². The SMILES string of the molecule is CCCCC1(Cl)CC(c2nnc(N)s2)=CC=C1OC. The molecule has 0 aromatic carbocycles. The molecule has 1 aliphatic rings. The zero-order valence-corrected chi connectivity index (χ0v) is 12.7. The van der Waals surface area contributed by atoms with E-state index in [1.165, 1.54) is 11.3 Å². The number of hydrogen-bond donors (Lipinski definition) is 1. The molecule has 0 spiro atoms. The molecule has 0 radical (unpaired) electrons. The van der Waals surface area contributed by atoms with E-state index in [1.807, 2.05) is 12.2 Å². The smallest absolute Gasteiger partial charge is 0.203 e. The fourth-order valence-corrected chi connectivity index (χ4v) is 3.25. The molecule has 1 heterocycles. The van der Waals surface area contributed by atoms with Gasteiger partial charge >= 0.3 is 0 Å². The number of nitrogens with zero attached hydrogens (tertiary/aromatic N) is 2. The van der Waals surface area contributed by atoms with E-state index in [-0.39, 0.29) is 0 Å². The maximum atomic E-state index is 6.76. The molecular weight excluding hydrogens is 282 g/mol. The molecule has 2 N–H and O–H groups in total. The number of nitrogens with two attached hydrogens (primary N) is 1.